The van der Waals surface area contributed by atoms with Crippen LogP contribution in [0.1, 0.15) is 16.1 Å². The van der Waals surface area contributed by atoms with Crippen molar-refractivity contribution in [3.63, 3.8) is 0 Å². The Bertz CT molecular complexity index is 707. The van der Waals surface area contributed by atoms with E-state index in [1.54, 1.807) is 12.1 Å². The highest BCUT2D eigenvalue weighted by Gasteiger charge is 2.19. The van der Waals surface area contributed by atoms with Crippen molar-refractivity contribution in [2.24, 2.45) is 0 Å². The number of carbonyl (C=O) groups is 1. The van der Waals surface area contributed by atoms with Crippen molar-refractivity contribution in [3.8, 4) is 0 Å². The van der Waals surface area contributed by atoms with Gasteiger partial charge in [-0.05, 0) is 24.1 Å². The Morgan fingerprint density at radius 2 is 1.68 bits per heavy atom. The van der Waals surface area contributed by atoms with E-state index in [0.717, 1.165) is 5.56 Å². The van der Waals surface area contributed by atoms with E-state index in [0.29, 0.717) is 13.0 Å². The summed E-state index contributed by atoms with van der Waals surface area (Å²) in [6.07, 6.45) is 0.526. The first-order valence-electron chi connectivity index (χ1n) is 6.12. The quantitative estimate of drug-likeness (QED) is 0.772. The number of amides is 1. The summed E-state index contributed by atoms with van der Waals surface area (Å²) in [5, 5.41) is 2.45. The van der Waals surface area contributed by atoms with Crippen LogP contribution in [-0.4, -0.2) is 17.4 Å². The zero-order valence-electron chi connectivity index (χ0n) is 11.0. The van der Waals surface area contributed by atoms with Gasteiger partial charge in [-0.25, -0.2) is 9.37 Å². The van der Waals surface area contributed by atoms with Gasteiger partial charge in [0.15, 0.2) is 0 Å². The number of aromatic nitrogens is 1. The second-order valence-electron chi connectivity index (χ2n) is 4.33. The lowest BCUT2D eigenvalue weighted by molar-refractivity contribution is 0.0949. The zero-order chi connectivity index (χ0) is 16.3. The molecule has 2 rings (SSSR count). The third-order valence-electron chi connectivity index (χ3n) is 2.81. The number of carbonyl (C=O) groups excluding carboxylic acids is 1. The van der Waals surface area contributed by atoms with Gasteiger partial charge in [-0.3, -0.25) is 4.79 Å². The highest BCUT2D eigenvalue weighted by Crippen LogP contribution is 2.35. The molecular weight excluding hydrogens is 373 g/mol. The highest BCUT2D eigenvalue weighted by molar-refractivity contribution is 6.52. The first-order chi connectivity index (χ1) is 10.4. The largest absolute Gasteiger partial charge is 0.350 e. The molecule has 0 unspecified atom stereocenters. The molecule has 0 atom stereocenters. The number of pyridine rings is 1. The minimum Gasteiger partial charge on any atom is -0.350 e. The molecule has 22 heavy (non-hydrogen) atoms. The standard InChI is InChI=1S/C14H9Cl4FN2O/c15-9-10(16)12(21-13(18)11(9)17)14(22)20-6-5-7-1-3-8(19)4-2-7/h1-4H,5-6H2,(H,20,22). The van der Waals surface area contributed by atoms with Gasteiger partial charge in [-0.2, -0.15) is 0 Å². The molecule has 1 aromatic carbocycles. The summed E-state index contributed by atoms with van der Waals surface area (Å²) in [6.45, 7) is 0.320. The van der Waals surface area contributed by atoms with Crippen molar-refractivity contribution in [2.75, 3.05) is 6.54 Å². The van der Waals surface area contributed by atoms with E-state index in [1.807, 2.05) is 0 Å². The van der Waals surface area contributed by atoms with Gasteiger partial charge in [-0.1, -0.05) is 58.5 Å². The normalized spacial score (nSPS) is 10.6. The van der Waals surface area contributed by atoms with Crippen molar-refractivity contribution >= 4 is 52.3 Å². The van der Waals surface area contributed by atoms with Gasteiger partial charge in [0, 0.05) is 6.54 Å². The molecule has 2 aromatic rings. The predicted octanol–water partition coefficient (Wildman–Crippen LogP) is 4.81. The lowest BCUT2D eigenvalue weighted by Gasteiger charge is -2.09. The van der Waals surface area contributed by atoms with Crippen molar-refractivity contribution < 1.29 is 9.18 Å². The summed E-state index contributed by atoms with van der Waals surface area (Å²) >= 11 is 23.4. The third-order valence-corrected chi connectivity index (χ3v) is 4.49. The molecule has 1 amide bonds. The van der Waals surface area contributed by atoms with E-state index in [4.69, 9.17) is 46.4 Å². The van der Waals surface area contributed by atoms with Gasteiger partial charge >= 0.3 is 0 Å². The molecule has 1 N–H and O–H groups in total. The lowest BCUT2D eigenvalue weighted by Crippen LogP contribution is -2.27. The van der Waals surface area contributed by atoms with Crippen molar-refractivity contribution in [1.82, 2.24) is 10.3 Å². The second kappa shape index (κ2) is 7.47. The molecule has 0 aliphatic carbocycles. The van der Waals surface area contributed by atoms with Gasteiger partial charge in [-0.15, -0.1) is 0 Å². The number of nitrogens with one attached hydrogen (secondary N) is 1. The van der Waals surface area contributed by atoms with E-state index in [-0.39, 0.29) is 31.7 Å². The minimum absolute atomic E-state index is 0.00352. The van der Waals surface area contributed by atoms with Crippen LogP contribution < -0.4 is 5.32 Å². The summed E-state index contributed by atoms with van der Waals surface area (Å²) in [5.74, 6) is -0.832. The van der Waals surface area contributed by atoms with E-state index in [9.17, 15) is 9.18 Å². The van der Waals surface area contributed by atoms with Crippen LogP contribution >= 0.6 is 46.4 Å². The molecule has 8 heteroatoms. The smallest absolute Gasteiger partial charge is 0.271 e. The van der Waals surface area contributed by atoms with E-state index >= 15 is 0 Å². The Hall–Kier alpha value is -1.07. The van der Waals surface area contributed by atoms with Crippen molar-refractivity contribution in [1.29, 1.82) is 0 Å². The van der Waals surface area contributed by atoms with E-state index < -0.39 is 5.91 Å². The fraction of sp³-hybridized carbons (Fsp3) is 0.143. The zero-order valence-corrected chi connectivity index (χ0v) is 14.0. The Labute approximate surface area is 146 Å². The molecule has 116 valence electrons. The van der Waals surface area contributed by atoms with Crippen LogP contribution in [0, 0.1) is 5.82 Å². The highest BCUT2D eigenvalue weighted by atomic mass is 35.5. The van der Waals surface area contributed by atoms with Gasteiger partial charge < -0.3 is 5.32 Å². The summed E-state index contributed by atoms with van der Waals surface area (Å²) in [5.41, 5.74) is 0.785. The number of hydrogen-bond donors (Lipinski definition) is 1. The van der Waals surface area contributed by atoms with Gasteiger partial charge in [0.25, 0.3) is 5.91 Å². The van der Waals surface area contributed by atoms with Gasteiger partial charge in [0.1, 0.15) is 16.7 Å². The Balaban J connectivity index is 2.02. The number of rotatable bonds is 4. The lowest BCUT2D eigenvalue weighted by atomic mass is 10.1. The topological polar surface area (TPSA) is 42.0 Å². The molecule has 0 radical (unpaired) electrons. The molecule has 0 saturated carbocycles. The SMILES string of the molecule is O=C(NCCc1ccc(F)cc1)c1nc(Cl)c(Cl)c(Cl)c1Cl. The maximum Gasteiger partial charge on any atom is 0.271 e. The monoisotopic (exact) mass is 380 g/mol. The van der Waals surface area contributed by atoms with Crippen molar-refractivity contribution in [3.05, 3.63) is 61.6 Å². The van der Waals surface area contributed by atoms with Gasteiger partial charge in [0.05, 0.1) is 15.1 Å². The molecule has 0 saturated heterocycles. The van der Waals surface area contributed by atoms with E-state index in [2.05, 4.69) is 10.3 Å². The average Bonchev–Trinajstić information content (AvgIpc) is 2.50. The molecule has 1 heterocycles. The van der Waals surface area contributed by atoms with Crippen LogP contribution in [0.15, 0.2) is 24.3 Å². The second-order valence-corrected chi connectivity index (χ2v) is 5.82. The fourth-order valence-electron chi connectivity index (χ4n) is 1.69. The van der Waals surface area contributed by atoms with E-state index in [1.165, 1.54) is 12.1 Å². The van der Waals surface area contributed by atoms with Crippen LogP contribution in [0.3, 0.4) is 0 Å². The molecule has 0 fully saturated rings. The molecule has 3 nitrogen and oxygen atoms in total. The number of halogens is 5. The number of benzene rings is 1. The van der Waals surface area contributed by atoms with Crippen LogP contribution in [-0.2, 0) is 6.42 Å². The maximum absolute atomic E-state index is 12.8. The predicted molar refractivity (Wildman–Crippen MR) is 86.7 cm³/mol. The van der Waals surface area contributed by atoms with Crippen LogP contribution in [0.25, 0.3) is 0 Å². The minimum atomic E-state index is -0.521. The summed E-state index contributed by atoms with van der Waals surface area (Å²) in [6, 6.07) is 5.99. The first kappa shape index (κ1) is 17.3. The fourth-order valence-corrected chi connectivity index (χ4v) is 2.51. The molecular formula is C14H9Cl4FN2O. The molecule has 0 aliphatic rings. The molecule has 1 aromatic heterocycles. The Kier molecular flexibility index (Phi) is 5.87. The molecule has 0 bridgehead atoms. The average molecular weight is 382 g/mol. The number of hydrogen-bond acceptors (Lipinski definition) is 2. The Morgan fingerprint density at radius 1 is 1.05 bits per heavy atom. The molecule has 0 spiro atoms. The summed E-state index contributed by atoms with van der Waals surface area (Å²) in [7, 11) is 0. The van der Waals surface area contributed by atoms with Crippen LogP contribution in [0.4, 0.5) is 4.39 Å². The van der Waals surface area contributed by atoms with Crippen LogP contribution in [0.5, 0.6) is 0 Å². The first-order valence-corrected chi connectivity index (χ1v) is 7.64. The molecule has 0 aliphatic heterocycles. The third kappa shape index (κ3) is 4.02. The number of nitrogens with zero attached hydrogens (tertiary/aromatic N) is 1. The maximum atomic E-state index is 12.8. The van der Waals surface area contributed by atoms with Gasteiger partial charge in [0.2, 0.25) is 0 Å². The summed E-state index contributed by atoms with van der Waals surface area (Å²) in [4.78, 5) is 15.9. The van der Waals surface area contributed by atoms with Crippen molar-refractivity contribution in [2.45, 2.75) is 6.42 Å². The Morgan fingerprint density at radius 3 is 2.32 bits per heavy atom. The van der Waals surface area contributed by atoms with Crippen LogP contribution in [0.2, 0.25) is 20.2 Å². The summed E-state index contributed by atoms with van der Waals surface area (Å²) < 4.78 is 12.8.